The van der Waals surface area contributed by atoms with Gasteiger partial charge < -0.3 is 14.6 Å². The molecule has 3 rings (SSSR count). The molecule has 1 amide bonds. The van der Waals surface area contributed by atoms with Crippen LogP contribution in [0.5, 0.6) is 0 Å². The molecule has 2 heterocycles. The van der Waals surface area contributed by atoms with Gasteiger partial charge in [0.05, 0.1) is 43.9 Å². The maximum Gasteiger partial charge on any atom is 0.275 e. The number of carbonyl (C=O) groups is 1. The summed E-state index contributed by atoms with van der Waals surface area (Å²) in [6.45, 7) is 6.62. The predicted molar refractivity (Wildman–Crippen MR) is 101 cm³/mol. The van der Waals surface area contributed by atoms with Crippen molar-refractivity contribution >= 4 is 15.9 Å². The van der Waals surface area contributed by atoms with E-state index in [1.807, 2.05) is 26.0 Å². The van der Waals surface area contributed by atoms with Crippen molar-refractivity contribution in [3.8, 4) is 0 Å². The van der Waals surface area contributed by atoms with E-state index in [0.29, 0.717) is 49.9 Å². The lowest BCUT2D eigenvalue weighted by Gasteiger charge is -2.31. The molecule has 0 bridgehead atoms. The Balaban J connectivity index is 1.51. The summed E-state index contributed by atoms with van der Waals surface area (Å²) in [5.41, 5.74) is 2.04. The second-order valence-electron chi connectivity index (χ2n) is 6.93. The standard InChI is InChI=1S/C19H25N3O4S/c1-15-5-6-18(12-16(15)2)27(24,25)22-9-7-21(8-10-22)14-19(23)20-13-17-4-3-11-26-17/h3-6,11-12H,7-10,13-14H2,1-2H3,(H,20,23)/p+1. The Kier molecular flexibility index (Phi) is 5.98. The number of amides is 1. The lowest BCUT2D eigenvalue weighted by Crippen LogP contribution is -3.15. The molecule has 0 aliphatic carbocycles. The van der Waals surface area contributed by atoms with E-state index in [4.69, 9.17) is 4.42 Å². The van der Waals surface area contributed by atoms with Gasteiger partial charge in [0, 0.05) is 0 Å². The molecule has 0 radical (unpaired) electrons. The first-order chi connectivity index (χ1) is 12.9. The molecule has 7 nitrogen and oxygen atoms in total. The predicted octanol–water partition coefficient (Wildman–Crippen LogP) is 0.102. The van der Waals surface area contributed by atoms with Crippen molar-refractivity contribution in [1.29, 1.82) is 0 Å². The highest BCUT2D eigenvalue weighted by molar-refractivity contribution is 7.89. The van der Waals surface area contributed by atoms with Crippen molar-refractivity contribution in [2.45, 2.75) is 25.3 Å². The zero-order valence-corrected chi connectivity index (χ0v) is 16.5. The quantitative estimate of drug-likeness (QED) is 0.731. The largest absolute Gasteiger partial charge is 0.467 e. The summed E-state index contributed by atoms with van der Waals surface area (Å²) in [5, 5.41) is 2.83. The third kappa shape index (κ3) is 4.77. The maximum atomic E-state index is 12.8. The van der Waals surface area contributed by atoms with E-state index in [0.717, 1.165) is 16.0 Å². The maximum absolute atomic E-state index is 12.8. The number of quaternary nitrogens is 1. The highest BCUT2D eigenvalue weighted by Crippen LogP contribution is 2.19. The lowest BCUT2D eigenvalue weighted by atomic mass is 10.1. The van der Waals surface area contributed by atoms with E-state index in [9.17, 15) is 13.2 Å². The number of nitrogens with one attached hydrogen (secondary N) is 2. The fourth-order valence-electron chi connectivity index (χ4n) is 3.13. The monoisotopic (exact) mass is 392 g/mol. The Hall–Kier alpha value is -2.16. The summed E-state index contributed by atoms with van der Waals surface area (Å²) >= 11 is 0. The van der Waals surface area contributed by atoms with Crippen LogP contribution in [0.2, 0.25) is 0 Å². The first kappa shape index (κ1) is 19.6. The molecule has 1 aliphatic rings. The topological polar surface area (TPSA) is 84.1 Å². The first-order valence-electron chi connectivity index (χ1n) is 9.06. The second kappa shape index (κ2) is 8.24. The molecular formula is C19H26N3O4S+. The van der Waals surface area contributed by atoms with Crippen molar-refractivity contribution in [3.05, 3.63) is 53.5 Å². The molecule has 0 spiro atoms. The third-order valence-electron chi connectivity index (χ3n) is 5.00. The van der Waals surface area contributed by atoms with E-state index in [1.54, 1.807) is 24.5 Å². The SMILES string of the molecule is Cc1ccc(S(=O)(=O)N2CC[NH+](CC(=O)NCc3ccco3)CC2)cc1C. The Bertz CT molecular complexity index is 886. The van der Waals surface area contributed by atoms with Crippen LogP contribution in [0.3, 0.4) is 0 Å². The summed E-state index contributed by atoms with van der Waals surface area (Å²) in [7, 11) is -3.49. The Morgan fingerprint density at radius 3 is 2.56 bits per heavy atom. The van der Waals surface area contributed by atoms with Gasteiger partial charge in [-0.05, 0) is 49.2 Å². The van der Waals surface area contributed by atoms with Gasteiger partial charge >= 0.3 is 0 Å². The fourth-order valence-corrected chi connectivity index (χ4v) is 4.66. The average molecular weight is 393 g/mol. The van der Waals surface area contributed by atoms with E-state index < -0.39 is 10.0 Å². The number of furan rings is 1. The molecule has 1 aromatic heterocycles. The summed E-state index contributed by atoms with van der Waals surface area (Å²) < 4.78 is 32.4. The number of aryl methyl sites for hydroxylation is 2. The smallest absolute Gasteiger partial charge is 0.275 e. The Labute approximate surface area is 160 Å². The number of piperazine rings is 1. The lowest BCUT2D eigenvalue weighted by molar-refractivity contribution is -0.895. The normalized spacial score (nSPS) is 16.4. The van der Waals surface area contributed by atoms with Crippen LogP contribution < -0.4 is 10.2 Å². The summed E-state index contributed by atoms with van der Waals surface area (Å²) in [6.07, 6.45) is 1.57. The second-order valence-corrected chi connectivity index (χ2v) is 8.87. The Morgan fingerprint density at radius 1 is 1.19 bits per heavy atom. The summed E-state index contributed by atoms with van der Waals surface area (Å²) in [4.78, 5) is 13.5. The van der Waals surface area contributed by atoms with Gasteiger partial charge in [-0.1, -0.05) is 6.07 Å². The molecule has 8 heteroatoms. The molecule has 1 saturated heterocycles. The first-order valence-corrected chi connectivity index (χ1v) is 10.5. The van der Waals surface area contributed by atoms with Crippen LogP contribution >= 0.6 is 0 Å². The number of hydrogen-bond donors (Lipinski definition) is 2. The van der Waals surface area contributed by atoms with Crippen LogP contribution in [0.4, 0.5) is 0 Å². The van der Waals surface area contributed by atoms with Gasteiger partial charge in [0.25, 0.3) is 5.91 Å². The van der Waals surface area contributed by atoms with Crippen LogP contribution in [0.25, 0.3) is 0 Å². The van der Waals surface area contributed by atoms with E-state index >= 15 is 0 Å². The average Bonchev–Trinajstić information content (AvgIpc) is 3.16. The minimum Gasteiger partial charge on any atom is -0.467 e. The molecule has 1 aliphatic heterocycles. The zero-order valence-electron chi connectivity index (χ0n) is 15.7. The van der Waals surface area contributed by atoms with Crippen molar-refractivity contribution in [1.82, 2.24) is 9.62 Å². The summed E-state index contributed by atoms with van der Waals surface area (Å²) in [5.74, 6) is 0.648. The van der Waals surface area contributed by atoms with Crippen LogP contribution in [0, 0.1) is 13.8 Å². The van der Waals surface area contributed by atoms with Crippen LogP contribution in [0.15, 0.2) is 45.9 Å². The van der Waals surface area contributed by atoms with Gasteiger partial charge in [0.1, 0.15) is 5.76 Å². The molecule has 1 fully saturated rings. The third-order valence-corrected chi connectivity index (χ3v) is 6.89. The fraction of sp³-hybridized carbons (Fsp3) is 0.421. The van der Waals surface area contributed by atoms with E-state index in [-0.39, 0.29) is 5.91 Å². The van der Waals surface area contributed by atoms with E-state index in [2.05, 4.69) is 5.32 Å². The number of benzene rings is 1. The van der Waals surface area contributed by atoms with Crippen LogP contribution in [-0.2, 0) is 21.4 Å². The number of carbonyl (C=O) groups excluding carboxylic acids is 1. The van der Waals surface area contributed by atoms with Crippen molar-refractivity contribution in [2.75, 3.05) is 32.7 Å². The van der Waals surface area contributed by atoms with Gasteiger partial charge in [0.2, 0.25) is 10.0 Å². The van der Waals surface area contributed by atoms with Crippen molar-refractivity contribution in [2.24, 2.45) is 0 Å². The molecule has 2 aromatic rings. The number of rotatable bonds is 6. The number of hydrogen-bond acceptors (Lipinski definition) is 4. The number of sulfonamides is 1. The molecule has 0 atom stereocenters. The molecular weight excluding hydrogens is 366 g/mol. The minimum atomic E-state index is -3.49. The molecule has 0 unspecified atom stereocenters. The van der Waals surface area contributed by atoms with Gasteiger partial charge in [-0.15, -0.1) is 0 Å². The molecule has 0 saturated carbocycles. The minimum absolute atomic E-state index is 0.0631. The molecule has 1 aromatic carbocycles. The molecule has 2 N–H and O–H groups in total. The number of nitrogens with zero attached hydrogens (tertiary/aromatic N) is 1. The van der Waals surface area contributed by atoms with Gasteiger partial charge in [-0.3, -0.25) is 4.79 Å². The van der Waals surface area contributed by atoms with E-state index in [1.165, 1.54) is 4.31 Å². The van der Waals surface area contributed by atoms with Crippen LogP contribution in [-0.4, -0.2) is 51.4 Å². The Morgan fingerprint density at radius 2 is 1.93 bits per heavy atom. The zero-order chi connectivity index (χ0) is 19.4. The molecule has 27 heavy (non-hydrogen) atoms. The summed E-state index contributed by atoms with van der Waals surface area (Å²) in [6, 6.07) is 8.82. The van der Waals surface area contributed by atoms with Crippen molar-refractivity contribution < 1.29 is 22.5 Å². The van der Waals surface area contributed by atoms with Gasteiger partial charge in [0.15, 0.2) is 6.54 Å². The van der Waals surface area contributed by atoms with Crippen LogP contribution in [0.1, 0.15) is 16.9 Å². The van der Waals surface area contributed by atoms with Gasteiger partial charge in [-0.2, -0.15) is 4.31 Å². The van der Waals surface area contributed by atoms with Crippen molar-refractivity contribution in [3.63, 3.8) is 0 Å². The van der Waals surface area contributed by atoms with Gasteiger partial charge in [-0.25, -0.2) is 8.42 Å². The highest BCUT2D eigenvalue weighted by Gasteiger charge is 2.31. The molecule has 146 valence electrons. The highest BCUT2D eigenvalue weighted by atomic mass is 32.2.